The maximum absolute atomic E-state index is 12.6. The van der Waals surface area contributed by atoms with E-state index >= 15 is 0 Å². The molecule has 1 aromatic heterocycles. The lowest BCUT2D eigenvalue weighted by Crippen LogP contribution is -2.35. The first-order chi connectivity index (χ1) is 12.5. The van der Waals surface area contributed by atoms with Gasteiger partial charge in [-0.25, -0.2) is 8.42 Å². The number of hydrogen-bond donors (Lipinski definition) is 1. The number of nitrogens with zero attached hydrogens (tertiary/aromatic N) is 3. The number of carbonyl (C=O) groups is 1. The van der Waals surface area contributed by atoms with Gasteiger partial charge in [0.2, 0.25) is 9.47 Å². The molecule has 0 spiro atoms. The van der Waals surface area contributed by atoms with Gasteiger partial charge in [0.05, 0.1) is 0 Å². The highest BCUT2D eigenvalue weighted by Gasteiger charge is 2.30. The minimum Gasteiger partial charge on any atom is -0.481 e. The largest absolute Gasteiger partial charge is 0.481 e. The molecule has 1 fully saturated rings. The van der Waals surface area contributed by atoms with Gasteiger partial charge in [-0.1, -0.05) is 36.0 Å². The normalized spacial score (nSPS) is 16.8. The molecule has 10 heteroatoms. The Morgan fingerprint density at radius 2 is 1.88 bits per heavy atom. The number of nitrogens with one attached hydrogen (secondary N) is 1. The molecule has 140 valence electrons. The van der Waals surface area contributed by atoms with E-state index < -0.39 is 22.0 Å². The summed E-state index contributed by atoms with van der Waals surface area (Å²) in [7, 11) is -3.65. The molecule has 1 aliphatic heterocycles. The zero-order valence-electron chi connectivity index (χ0n) is 14.3. The molecule has 2 heterocycles. The molecule has 0 saturated carbocycles. The Morgan fingerprint density at radius 3 is 2.58 bits per heavy atom. The Balaban J connectivity index is 1.63. The summed E-state index contributed by atoms with van der Waals surface area (Å²) >= 11 is 0.846. The fraction of sp³-hybridized carbons (Fsp3) is 0.438. The molecular weight excluding hydrogens is 376 g/mol. The second-order valence-electron chi connectivity index (χ2n) is 5.90. The summed E-state index contributed by atoms with van der Waals surface area (Å²) in [6.07, 6.45) is 1.96. The minimum absolute atomic E-state index is 0.105. The fourth-order valence-corrected chi connectivity index (χ4v) is 5.10. The lowest BCUT2D eigenvalue weighted by molar-refractivity contribution is -0.122. The highest BCUT2D eigenvalue weighted by atomic mass is 32.2. The lowest BCUT2D eigenvalue weighted by atomic mass is 10.2. The standard InChI is InChI=1S/C16H20N4O4S2/c1-12(24-13-8-4-2-5-9-13)14(21)17-15-18-19-16(25-15)26(22,23)20-10-6-3-7-11-20/h2,4-5,8-9,12H,3,6-7,10-11H2,1H3,(H,17,18,21)/t12-/m1/s1. The summed E-state index contributed by atoms with van der Waals surface area (Å²) in [4.78, 5) is 12.2. The van der Waals surface area contributed by atoms with E-state index in [1.165, 1.54) is 4.31 Å². The summed E-state index contributed by atoms with van der Waals surface area (Å²) in [6, 6.07) is 8.96. The van der Waals surface area contributed by atoms with Crippen molar-refractivity contribution in [2.75, 3.05) is 18.4 Å². The van der Waals surface area contributed by atoms with E-state index in [2.05, 4.69) is 15.5 Å². The van der Waals surface area contributed by atoms with Gasteiger partial charge in [-0.15, -0.1) is 10.2 Å². The molecule has 0 bridgehead atoms. The van der Waals surface area contributed by atoms with Gasteiger partial charge in [-0.2, -0.15) is 4.31 Å². The van der Waals surface area contributed by atoms with Crippen LogP contribution in [0.1, 0.15) is 26.2 Å². The van der Waals surface area contributed by atoms with E-state index in [0.29, 0.717) is 18.8 Å². The van der Waals surface area contributed by atoms with Crippen molar-refractivity contribution in [1.82, 2.24) is 14.5 Å². The molecule has 3 rings (SSSR count). The fourth-order valence-electron chi connectivity index (χ4n) is 2.54. The number of anilines is 1. The van der Waals surface area contributed by atoms with Crippen molar-refractivity contribution in [3.8, 4) is 5.75 Å². The zero-order chi connectivity index (χ0) is 18.6. The Morgan fingerprint density at radius 1 is 1.19 bits per heavy atom. The van der Waals surface area contributed by atoms with E-state index in [9.17, 15) is 13.2 Å². The topological polar surface area (TPSA) is 101 Å². The molecule has 1 saturated heterocycles. The number of sulfonamides is 1. The molecule has 0 unspecified atom stereocenters. The Labute approximate surface area is 156 Å². The van der Waals surface area contributed by atoms with Crippen molar-refractivity contribution >= 4 is 32.4 Å². The quantitative estimate of drug-likeness (QED) is 0.751. The summed E-state index contributed by atoms with van der Waals surface area (Å²) in [6.45, 7) is 2.59. The van der Waals surface area contributed by atoms with Gasteiger partial charge in [0.1, 0.15) is 5.75 Å². The summed E-state index contributed by atoms with van der Waals surface area (Å²) in [5, 5.41) is 10.2. The Kier molecular flexibility index (Phi) is 5.84. The van der Waals surface area contributed by atoms with Gasteiger partial charge in [0.15, 0.2) is 6.10 Å². The molecule has 1 amide bonds. The van der Waals surface area contributed by atoms with Crippen LogP contribution >= 0.6 is 11.3 Å². The third kappa shape index (κ3) is 4.37. The summed E-state index contributed by atoms with van der Waals surface area (Å²) in [5.74, 6) is 0.146. The van der Waals surface area contributed by atoms with Crippen LogP contribution in [-0.4, -0.2) is 48.0 Å². The second-order valence-corrected chi connectivity index (χ2v) is 8.99. The van der Waals surface area contributed by atoms with Crippen molar-refractivity contribution in [2.24, 2.45) is 0 Å². The van der Waals surface area contributed by atoms with Crippen LogP contribution in [-0.2, 0) is 14.8 Å². The SMILES string of the molecule is C[C@@H](Oc1ccccc1)C(=O)Nc1nnc(S(=O)(=O)N2CCCCC2)s1. The summed E-state index contributed by atoms with van der Waals surface area (Å²) < 4.78 is 32.0. The van der Waals surface area contributed by atoms with Crippen molar-refractivity contribution in [2.45, 2.75) is 36.6 Å². The van der Waals surface area contributed by atoms with Gasteiger partial charge in [-0.05, 0) is 31.9 Å². The minimum atomic E-state index is -3.65. The first kappa shape index (κ1) is 18.7. The monoisotopic (exact) mass is 396 g/mol. The predicted octanol–water partition coefficient (Wildman–Crippen LogP) is 2.12. The molecule has 1 N–H and O–H groups in total. The number of ether oxygens (including phenoxy) is 1. The molecule has 1 atom stereocenters. The van der Waals surface area contributed by atoms with Crippen LogP contribution in [0.4, 0.5) is 5.13 Å². The smallest absolute Gasteiger partial charge is 0.272 e. The zero-order valence-corrected chi connectivity index (χ0v) is 15.9. The van der Waals surface area contributed by atoms with E-state index in [1.54, 1.807) is 19.1 Å². The van der Waals surface area contributed by atoms with E-state index in [4.69, 9.17) is 4.74 Å². The van der Waals surface area contributed by atoms with Crippen LogP contribution in [0, 0.1) is 0 Å². The molecular formula is C16H20N4O4S2. The maximum Gasteiger partial charge on any atom is 0.272 e. The Hall–Kier alpha value is -2.04. The van der Waals surface area contributed by atoms with Crippen LogP contribution in [0.2, 0.25) is 0 Å². The van der Waals surface area contributed by atoms with E-state index in [1.807, 2.05) is 18.2 Å². The first-order valence-corrected chi connectivity index (χ1v) is 10.6. The van der Waals surface area contributed by atoms with Gasteiger partial charge in [-0.3, -0.25) is 10.1 Å². The third-order valence-corrected chi connectivity index (χ3v) is 7.02. The number of benzene rings is 1. The molecule has 0 aliphatic carbocycles. The van der Waals surface area contributed by atoms with Crippen LogP contribution in [0.15, 0.2) is 34.7 Å². The molecule has 1 aromatic carbocycles. The molecule has 2 aromatic rings. The molecule has 26 heavy (non-hydrogen) atoms. The van der Waals surface area contributed by atoms with Crippen molar-refractivity contribution in [3.63, 3.8) is 0 Å². The summed E-state index contributed by atoms with van der Waals surface area (Å²) in [5.41, 5.74) is 0. The molecule has 0 radical (unpaired) electrons. The third-order valence-electron chi connectivity index (χ3n) is 3.94. The second kappa shape index (κ2) is 8.11. The first-order valence-electron chi connectivity index (χ1n) is 8.33. The number of amides is 1. The van der Waals surface area contributed by atoms with Crippen molar-refractivity contribution in [3.05, 3.63) is 30.3 Å². The van der Waals surface area contributed by atoms with Crippen molar-refractivity contribution < 1.29 is 17.9 Å². The number of carbonyl (C=O) groups excluding carboxylic acids is 1. The maximum atomic E-state index is 12.6. The predicted molar refractivity (Wildman–Crippen MR) is 97.7 cm³/mol. The lowest BCUT2D eigenvalue weighted by Gasteiger charge is -2.24. The highest BCUT2D eigenvalue weighted by Crippen LogP contribution is 2.25. The number of rotatable bonds is 6. The van der Waals surface area contributed by atoms with Gasteiger partial charge >= 0.3 is 0 Å². The van der Waals surface area contributed by atoms with Crippen LogP contribution < -0.4 is 10.1 Å². The van der Waals surface area contributed by atoms with Gasteiger partial charge < -0.3 is 4.74 Å². The number of aromatic nitrogens is 2. The van der Waals surface area contributed by atoms with E-state index in [0.717, 1.165) is 30.6 Å². The molecule has 1 aliphatic rings. The number of hydrogen-bond acceptors (Lipinski definition) is 7. The van der Waals surface area contributed by atoms with Gasteiger partial charge in [0.25, 0.3) is 15.9 Å². The number of piperidine rings is 1. The number of para-hydroxylation sites is 1. The average molecular weight is 396 g/mol. The van der Waals surface area contributed by atoms with Crippen molar-refractivity contribution in [1.29, 1.82) is 0 Å². The Bertz CT molecular complexity index is 848. The van der Waals surface area contributed by atoms with Crippen LogP contribution in [0.5, 0.6) is 5.75 Å². The highest BCUT2D eigenvalue weighted by molar-refractivity contribution is 7.91. The molecule has 8 nitrogen and oxygen atoms in total. The van der Waals surface area contributed by atoms with Crippen LogP contribution in [0.25, 0.3) is 0 Å². The van der Waals surface area contributed by atoms with Crippen LogP contribution in [0.3, 0.4) is 0 Å². The van der Waals surface area contributed by atoms with Gasteiger partial charge in [0, 0.05) is 13.1 Å². The van der Waals surface area contributed by atoms with E-state index in [-0.39, 0.29) is 9.47 Å². The average Bonchev–Trinajstić information content (AvgIpc) is 3.12.